The minimum absolute atomic E-state index is 0.0199. The molecule has 0 fully saturated rings. The predicted molar refractivity (Wildman–Crippen MR) is 55.8 cm³/mol. The maximum absolute atomic E-state index is 10.5. The zero-order valence-electron chi connectivity index (χ0n) is 8.71. The summed E-state index contributed by atoms with van der Waals surface area (Å²) in [5.74, 6) is 0.0199. The molecule has 4 nitrogen and oxygen atoms in total. The Balaban J connectivity index is 2.07. The number of carbonyl (C=O) groups excluding carboxylic acids is 1. The second kappa shape index (κ2) is 5.44. The fourth-order valence-corrected chi connectivity index (χ4v) is 1.23. The summed E-state index contributed by atoms with van der Waals surface area (Å²) in [4.78, 5) is 10.5. The molecule has 78 valence electrons. The van der Waals surface area contributed by atoms with E-state index in [4.69, 9.17) is 0 Å². The predicted octanol–water partition coefficient (Wildman–Crippen LogP) is 0.251. The van der Waals surface area contributed by atoms with Gasteiger partial charge in [-0.25, -0.2) is 0 Å². The van der Waals surface area contributed by atoms with Crippen molar-refractivity contribution in [2.45, 2.75) is 13.5 Å². The molecule has 0 aliphatic carbocycles. The Hall–Kier alpha value is -1.29. The molecule has 1 heterocycles. The average Bonchev–Trinajstić information content (AvgIpc) is 2.50. The summed E-state index contributed by atoms with van der Waals surface area (Å²) in [5, 5.41) is 5.97. The lowest BCUT2D eigenvalue weighted by atomic mass is 10.3. The highest BCUT2D eigenvalue weighted by Crippen LogP contribution is 1.97. The smallest absolute Gasteiger partial charge is 0.216 e. The van der Waals surface area contributed by atoms with E-state index in [0.717, 1.165) is 13.1 Å². The van der Waals surface area contributed by atoms with Crippen LogP contribution in [0.4, 0.5) is 0 Å². The summed E-state index contributed by atoms with van der Waals surface area (Å²) in [6, 6.07) is 2.07. The van der Waals surface area contributed by atoms with Gasteiger partial charge in [-0.3, -0.25) is 4.79 Å². The van der Waals surface area contributed by atoms with Gasteiger partial charge in [-0.1, -0.05) is 0 Å². The minimum atomic E-state index is 0.0199. The molecule has 1 aromatic rings. The van der Waals surface area contributed by atoms with Crippen molar-refractivity contribution in [1.82, 2.24) is 15.2 Å². The maximum atomic E-state index is 10.5. The summed E-state index contributed by atoms with van der Waals surface area (Å²) in [7, 11) is 2.00. The molecule has 0 aliphatic heterocycles. The third-order valence-electron chi connectivity index (χ3n) is 1.90. The number of carbonyl (C=O) groups is 1. The van der Waals surface area contributed by atoms with Crippen LogP contribution < -0.4 is 10.6 Å². The van der Waals surface area contributed by atoms with Crippen LogP contribution in [0.3, 0.4) is 0 Å². The molecular formula is C10H17N3O. The van der Waals surface area contributed by atoms with E-state index in [9.17, 15) is 4.79 Å². The first kappa shape index (κ1) is 10.8. The second-order valence-corrected chi connectivity index (χ2v) is 3.34. The first-order chi connectivity index (χ1) is 6.68. The van der Waals surface area contributed by atoms with E-state index in [0.29, 0.717) is 6.54 Å². The van der Waals surface area contributed by atoms with E-state index in [1.54, 1.807) is 0 Å². The molecule has 0 radical (unpaired) electrons. The molecule has 0 aromatic carbocycles. The molecule has 0 atom stereocenters. The molecule has 0 saturated carbocycles. The van der Waals surface area contributed by atoms with Crippen molar-refractivity contribution in [2.75, 3.05) is 13.1 Å². The molecule has 1 amide bonds. The zero-order valence-corrected chi connectivity index (χ0v) is 8.71. The quantitative estimate of drug-likeness (QED) is 0.662. The van der Waals surface area contributed by atoms with E-state index in [-0.39, 0.29) is 5.91 Å². The van der Waals surface area contributed by atoms with Gasteiger partial charge in [0.1, 0.15) is 0 Å². The highest BCUT2D eigenvalue weighted by molar-refractivity contribution is 5.72. The third-order valence-corrected chi connectivity index (χ3v) is 1.90. The number of rotatable bonds is 5. The average molecular weight is 195 g/mol. The summed E-state index contributed by atoms with van der Waals surface area (Å²) in [6.07, 6.45) is 4.09. The van der Waals surface area contributed by atoms with Gasteiger partial charge in [0.25, 0.3) is 0 Å². The zero-order chi connectivity index (χ0) is 10.4. The van der Waals surface area contributed by atoms with Crippen LogP contribution in [0.25, 0.3) is 0 Å². The Morgan fingerprint density at radius 3 is 2.86 bits per heavy atom. The monoisotopic (exact) mass is 195 g/mol. The van der Waals surface area contributed by atoms with Crippen LogP contribution in [0.15, 0.2) is 18.5 Å². The second-order valence-electron chi connectivity index (χ2n) is 3.34. The Morgan fingerprint density at radius 1 is 1.50 bits per heavy atom. The Morgan fingerprint density at radius 2 is 2.29 bits per heavy atom. The molecule has 1 rings (SSSR count). The van der Waals surface area contributed by atoms with Crippen LogP contribution in [0, 0.1) is 0 Å². The summed E-state index contributed by atoms with van der Waals surface area (Å²) >= 11 is 0. The fraction of sp³-hybridized carbons (Fsp3) is 0.500. The molecule has 14 heavy (non-hydrogen) atoms. The Kier molecular flexibility index (Phi) is 4.19. The first-order valence-electron chi connectivity index (χ1n) is 4.74. The largest absolute Gasteiger partial charge is 0.357 e. The normalized spacial score (nSPS) is 10.1. The number of amides is 1. The lowest BCUT2D eigenvalue weighted by Gasteiger charge is -2.03. The molecule has 0 aliphatic rings. The van der Waals surface area contributed by atoms with E-state index in [1.807, 2.05) is 17.8 Å². The van der Waals surface area contributed by atoms with Crippen LogP contribution in [-0.2, 0) is 18.4 Å². The topological polar surface area (TPSA) is 46.1 Å². The number of hydrogen-bond donors (Lipinski definition) is 2. The van der Waals surface area contributed by atoms with Crippen LogP contribution >= 0.6 is 0 Å². The van der Waals surface area contributed by atoms with Crippen molar-refractivity contribution in [3.63, 3.8) is 0 Å². The molecule has 4 heteroatoms. The van der Waals surface area contributed by atoms with E-state index >= 15 is 0 Å². The van der Waals surface area contributed by atoms with E-state index in [2.05, 4.69) is 22.9 Å². The molecule has 2 N–H and O–H groups in total. The molecule has 0 bridgehead atoms. The van der Waals surface area contributed by atoms with Gasteiger partial charge in [0.15, 0.2) is 0 Å². The first-order valence-corrected chi connectivity index (χ1v) is 4.74. The van der Waals surface area contributed by atoms with Gasteiger partial charge in [0, 0.05) is 46.0 Å². The Labute approximate surface area is 84.3 Å². The molecule has 1 aromatic heterocycles. The molecular weight excluding hydrogens is 178 g/mol. The van der Waals surface area contributed by atoms with Crippen LogP contribution in [0.5, 0.6) is 0 Å². The van der Waals surface area contributed by atoms with Gasteiger partial charge in [-0.2, -0.15) is 0 Å². The number of aryl methyl sites for hydroxylation is 1. The SMILES string of the molecule is CC(=O)NCCNCc1ccn(C)c1. The van der Waals surface area contributed by atoms with Crippen molar-refractivity contribution >= 4 is 5.91 Å². The van der Waals surface area contributed by atoms with Crippen molar-refractivity contribution in [3.8, 4) is 0 Å². The molecule has 0 spiro atoms. The van der Waals surface area contributed by atoms with Gasteiger partial charge in [-0.05, 0) is 11.6 Å². The summed E-state index contributed by atoms with van der Waals surface area (Å²) in [6.45, 7) is 3.86. The van der Waals surface area contributed by atoms with Gasteiger partial charge < -0.3 is 15.2 Å². The fourth-order valence-electron chi connectivity index (χ4n) is 1.23. The highest BCUT2D eigenvalue weighted by Gasteiger charge is 1.94. The van der Waals surface area contributed by atoms with Crippen molar-refractivity contribution < 1.29 is 4.79 Å². The number of hydrogen-bond acceptors (Lipinski definition) is 2. The summed E-state index contributed by atoms with van der Waals surface area (Å²) < 4.78 is 2.02. The van der Waals surface area contributed by atoms with Crippen molar-refractivity contribution in [1.29, 1.82) is 0 Å². The number of nitrogens with one attached hydrogen (secondary N) is 2. The Bertz CT molecular complexity index is 293. The third kappa shape index (κ3) is 4.09. The van der Waals surface area contributed by atoms with Crippen molar-refractivity contribution in [2.24, 2.45) is 7.05 Å². The van der Waals surface area contributed by atoms with Crippen molar-refractivity contribution in [3.05, 3.63) is 24.0 Å². The lowest BCUT2D eigenvalue weighted by Crippen LogP contribution is -2.29. The van der Waals surface area contributed by atoms with Crippen LogP contribution in [-0.4, -0.2) is 23.6 Å². The van der Waals surface area contributed by atoms with Gasteiger partial charge in [-0.15, -0.1) is 0 Å². The minimum Gasteiger partial charge on any atom is -0.357 e. The number of nitrogens with zero attached hydrogens (tertiary/aromatic N) is 1. The highest BCUT2D eigenvalue weighted by atomic mass is 16.1. The van der Waals surface area contributed by atoms with Gasteiger partial charge >= 0.3 is 0 Å². The van der Waals surface area contributed by atoms with E-state index < -0.39 is 0 Å². The lowest BCUT2D eigenvalue weighted by molar-refractivity contribution is -0.118. The molecule has 0 saturated heterocycles. The van der Waals surface area contributed by atoms with Gasteiger partial charge in [0.05, 0.1) is 0 Å². The maximum Gasteiger partial charge on any atom is 0.216 e. The van der Waals surface area contributed by atoms with Crippen LogP contribution in [0.2, 0.25) is 0 Å². The number of aromatic nitrogens is 1. The molecule has 0 unspecified atom stereocenters. The summed E-state index contributed by atoms with van der Waals surface area (Å²) in [5.41, 5.74) is 1.26. The van der Waals surface area contributed by atoms with Crippen LogP contribution in [0.1, 0.15) is 12.5 Å². The van der Waals surface area contributed by atoms with Gasteiger partial charge in [0.2, 0.25) is 5.91 Å². The van der Waals surface area contributed by atoms with E-state index in [1.165, 1.54) is 12.5 Å². The standard InChI is InChI=1S/C10H17N3O/c1-9(14)12-5-4-11-7-10-3-6-13(2)8-10/h3,6,8,11H,4-5,7H2,1-2H3,(H,12,14).